The molecule has 19 heavy (non-hydrogen) atoms. The number of carbonyl (C=O) groups is 1. The van der Waals surface area contributed by atoms with Gasteiger partial charge in [-0.25, -0.2) is 20.2 Å². The van der Waals surface area contributed by atoms with Crippen molar-refractivity contribution in [2.24, 2.45) is 5.11 Å². The van der Waals surface area contributed by atoms with Gasteiger partial charge in [0, 0.05) is 17.5 Å². The van der Waals surface area contributed by atoms with Crippen LogP contribution in [0.5, 0.6) is 0 Å². The topological polar surface area (TPSA) is 103 Å². The summed E-state index contributed by atoms with van der Waals surface area (Å²) in [4.78, 5) is 19.3. The van der Waals surface area contributed by atoms with Crippen LogP contribution in [0.25, 0.3) is 11.4 Å². The molecule has 7 heteroatoms. The van der Waals surface area contributed by atoms with E-state index in [-0.39, 0.29) is 0 Å². The number of anilines is 1. The quantitative estimate of drug-likeness (QED) is 0.579. The van der Waals surface area contributed by atoms with Gasteiger partial charge in [0.05, 0.1) is 5.69 Å². The van der Waals surface area contributed by atoms with Gasteiger partial charge >= 0.3 is 6.03 Å². The number of nitrogens with zero attached hydrogens (tertiary/aromatic N) is 3. The van der Waals surface area contributed by atoms with Crippen LogP contribution in [0.2, 0.25) is 0 Å². The Bertz CT molecular complexity index is 595. The van der Waals surface area contributed by atoms with Crippen molar-refractivity contribution in [3.05, 3.63) is 42.2 Å². The second kappa shape index (κ2) is 5.67. The smallest absolute Gasteiger partial charge is 0.297 e. The van der Waals surface area contributed by atoms with Crippen molar-refractivity contribution < 1.29 is 4.79 Å². The molecule has 0 atom stereocenters. The molecule has 0 aliphatic carbocycles. The van der Waals surface area contributed by atoms with E-state index in [9.17, 15) is 4.79 Å². The van der Waals surface area contributed by atoms with Crippen LogP contribution in [0.3, 0.4) is 0 Å². The Hall–Kier alpha value is -2.83. The molecule has 0 aliphatic rings. The maximum Gasteiger partial charge on any atom is 0.377 e. The first-order valence-corrected chi connectivity index (χ1v) is 5.52. The van der Waals surface area contributed by atoms with Crippen molar-refractivity contribution >= 4 is 11.7 Å². The number of hydrazine groups is 1. The fourth-order valence-corrected chi connectivity index (χ4v) is 1.44. The molecule has 0 aliphatic heterocycles. The molecular weight excluding hydrogens is 244 g/mol. The molecule has 0 saturated carbocycles. The number of aryl methyl sites for hydroxylation is 1. The summed E-state index contributed by atoms with van der Waals surface area (Å²) in [6.07, 6.45) is 1.71. The fourth-order valence-electron chi connectivity index (χ4n) is 1.44. The second-order valence-electron chi connectivity index (χ2n) is 3.77. The van der Waals surface area contributed by atoms with Crippen LogP contribution in [0.15, 0.2) is 41.6 Å². The van der Waals surface area contributed by atoms with Crippen LogP contribution in [-0.2, 0) is 0 Å². The molecule has 2 aromatic rings. The van der Waals surface area contributed by atoms with Crippen LogP contribution in [0.1, 0.15) is 5.69 Å². The highest BCUT2D eigenvalue weighted by atomic mass is 16.2. The van der Waals surface area contributed by atoms with Crippen molar-refractivity contribution in [2.45, 2.75) is 6.92 Å². The SMILES string of the molecule is Cc1ccnc(-c2ccc(NNC(=O)N=N)cc2)n1. The minimum absolute atomic E-state index is 0.650. The summed E-state index contributed by atoms with van der Waals surface area (Å²) in [6.45, 7) is 1.90. The lowest BCUT2D eigenvalue weighted by Crippen LogP contribution is -2.25. The second-order valence-corrected chi connectivity index (χ2v) is 3.77. The zero-order valence-electron chi connectivity index (χ0n) is 10.2. The number of nitrogens with one attached hydrogen (secondary N) is 3. The first-order chi connectivity index (χ1) is 9.19. The van der Waals surface area contributed by atoms with Crippen molar-refractivity contribution in [3.63, 3.8) is 0 Å². The van der Waals surface area contributed by atoms with Gasteiger partial charge in [0.15, 0.2) is 5.82 Å². The van der Waals surface area contributed by atoms with E-state index in [0.717, 1.165) is 11.3 Å². The maximum atomic E-state index is 10.8. The Morgan fingerprint density at radius 3 is 2.63 bits per heavy atom. The summed E-state index contributed by atoms with van der Waals surface area (Å²) in [5, 5.41) is 2.70. The standard InChI is InChI=1S/C12H12N6O/c1-8-6-7-14-11(15-8)9-2-4-10(5-3-9)17-18-12(19)16-13/h2-7,13,17H,1H3,(H,18,19). The first-order valence-electron chi connectivity index (χ1n) is 5.52. The monoisotopic (exact) mass is 256 g/mol. The van der Waals surface area contributed by atoms with Gasteiger partial charge in [-0.1, -0.05) is 5.11 Å². The van der Waals surface area contributed by atoms with Gasteiger partial charge in [0.25, 0.3) is 0 Å². The Morgan fingerprint density at radius 2 is 2.00 bits per heavy atom. The molecule has 2 amide bonds. The fraction of sp³-hybridized carbons (Fsp3) is 0.0833. The molecule has 0 saturated heterocycles. The number of hydrogen-bond donors (Lipinski definition) is 3. The molecule has 2 rings (SSSR count). The third-order valence-electron chi connectivity index (χ3n) is 2.35. The summed E-state index contributed by atoms with van der Waals surface area (Å²) in [5.41, 5.74) is 13.8. The Balaban J connectivity index is 2.10. The van der Waals surface area contributed by atoms with Gasteiger partial charge in [0.1, 0.15) is 0 Å². The van der Waals surface area contributed by atoms with Crippen molar-refractivity contribution in [2.75, 3.05) is 5.43 Å². The molecule has 1 aromatic heterocycles. The van der Waals surface area contributed by atoms with E-state index >= 15 is 0 Å². The lowest BCUT2D eigenvalue weighted by molar-refractivity contribution is 0.249. The minimum atomic E-state index is -0.758. The van der Waals surface area contributed by atoms with Crippen LogP contribution >= 0.6 is 0 Å². The predicted octanol–water partition coefficient (Wildman–Crippen LogP) is 2.52. The van der Waals surface area contributed by atoms with E-state index in [1.165, 1.54) is 0 Å². The molecule has 0 unspecified atom stereocenters. The molecule has 0 fully saturated rings. The largest absolute Gasteiger partial charge is 0.377 e. The molecule has 1 heterocycles. The van der Waals surface area contributed by atoms with E-state index in [1.807, 2.05) is 25.1 Å². The number of benzene rings is 1. The van der Waals surface area contributed by atoms with Gasteiger partial charge < -0.3 is 0 Å². The zero-order chi connectivity index (χ0) is 13.7. The lowest BCUT2D eigenvalue weighted by atomic mass is 10.2. The Labute approximate surface area is 109 Å². The Morgan fingerprint density at radius 1 is 1.26 bits per heavy atom. The van der Waals surface area contributed by atoms with Crippen LogP contribution in [0, 0.1) is 12.5 Å². The maximum absolute atomic E-state index is 10.8. The molecule has 3 N–H and O–H groups in total. The number of urea groups is 1. The molecular formula is C12H12N6O. The van der Waals surface area contributed by atoms with E-state index in [1.54, 1.807) is 18.3 Å². The predicted molar refractivity (Wildman–Crippen MR) is 69.5 cm³/mol. The van der Waals surface area contributed by atoms with E-state index < -0.39 is 6.03 Å². The lowest BCUT2D eigenvalue weighted by Gasteiger charge is -2.06. The summed E-state index contributed by atoms with van der Waals surface area (Å²) >= 11 is 0. The Kier molecular flexibility index (Phi) is 3.77. The average molecular weight is 256 g/mol. The highest BCUT2D eigenvalue weighted by Crippen LogP contribution is 2.17. The van der Waals surface area contributed by atoms with E-state index in [0.29, 0.717) is 11.5 Å². The molecule has 0 bridgehead atoms. The van der Waals surface area contributed by atoms with Gasteiger partial charge in [-0.05, 0) is 37.3 Å². The number of carbonyl (C=O) groups excluding carboxylic acids is 1. The van der Waals surface area contributed by atoms with Crippen molar-refractivity contribution in [1.29, 1.82) is 5.53 Å². The first kappa shape index (κ1) is 12.6. The number of amides is 2. The average Bonchev–Trinajstić information content (AvgIpc) is 2.45. The van der Waals surface area contributed by atoms with Crippen LogP contribution < -0.4 is 10.9 Å². The third kappa shape index (κ3) is 3.32. The van der Waals surface area contributed by atoms with E-state index in [2.05, 4.69) is 25.9 Å². The number of rotatable bonds is 3. The highest BCUT2D eigenvalue weighted by Gasteiger charge is 2.02. The third-order valence-corrected chi connectivity index (χ3v) is 2.35. The summed E-state index contributed by atoms with van der Waals surface area (Å²) in [5.74, 6) is 0.650. The summed E-state index contributed by atoms with van der Waals surface area (Å²) < 4.78 is 0. The van der Waals surface area contributed by atoms with Crippen molar-refractivity contribution in [3.8, 4) is 11.4 Å². The van der Waals surface area contributed by atoms with Gasteiger partial charge in [-0.3, -0.25) is 5.43 Å². The molecule has 96 valence electrons. The number of aromatic nitrogens is 2. The normalized spacial score (nSPS) is 9.74. The zero-order valence-corrected chi connectivity index (χ0v) is 10.2. The van der Waals surface area contributed by atoms with Crippen molar-refractivity contribution in [1.82, 2.24) is 15.4 Å². The van der Waals surface area contributed by atoms with Crippen LogP contribution in [0.4, 0.5) is 10.5 Å². The molecule has 7 nitrogen and oxygen atoms in total. The summed E-state index contributed by atoms with van der Waals surface area (Å²) in [6, 6.07) is 8.28. The molecule has 0 spiro atoms. The van der Waals surface area contributed by atoms with E-state index in [4.69, 9.17) is 5.53 Å². The van der Waals surface area contributed by atoms with Crippen LogP contribution in [-0.4, -0.2) is 16.0 Å². The minimum Gasteiger partial charge on any atom is -0.297 e. The molecule has 0 radical (unpaired) electrons. The van der Waals surface area contributed by atoms with Gasteiger partial charge in [-0.15, -0.1) is 0 Å². The van der Waals surface area contributed by atoms with Gasteiger partial charge in [-0.2, -0.15) is 5.53 Å². The summed E-state index contributed by atoms with van der Waals surface area (Å²) in [7, 11) is 0. The molecule has 1 aromatic carbocycles. The van der Waals surface area contributed by atoms with Gasteiger partial charge in [0.2, 0.25) is 0 Å². The highest BCUT2D eigenvalue weighted by molar-refractivity contribution is 5.75. The number of hydrogen-bond acceptors (Lipinski definition) is 5.